The summed E-state index contributed by atoms with van der Waals surface area (Å²) in [4.78, 5) is 15.3. The predicted octanol–water partition coefficient (Wildman–Crippen LogP) is 1.51. The lowest BCUT2D eigenvalue weighted by molar-refractivity contribution is 0.122. The molecule has 1 saturated heterocycles. The van der Waals surface area contributed by atoms with Crippen molar-refractivity contribution in [3.8, 4) is 0 Å². The van der Waals surface area contributed by atoms with Gasteiger partial charge in [-0.3, -0.25) is 0 Å². The molecule has 128 valence electrons. The minimum atomic E-state index is -0.00147. The molecular weight excluding hydrogens is 332 g/mol. The number of nitrogens with one attached hydrogen (secondary N) is 2. The second-order valence-corrected chi connectivity index (χ2v) is 5.60. The molecule has 1 aliphatic heterocycles. The Labute approximate surface area is 144 Å². The number of hydrogen-bond acceptors (Lipinski definition) is 8. The summed E-state index contributed by atoms with van der Waals surface area (Å²) in [5.74, 6) is 1.41. The summed E-state index contributed by atoms with van der Waals surface area (Å²) in [5.41, 5.74) is 0.826. The van der Waals surface area contributed by atoms with Crippen LogP contribution < -0.4 is 15.5 Å². The van der Waals surface area contributed by atoms with E-state index >= 15 is 0 Å². The first-order chi connectivity index (χ1) is 11.7. The van der Waals surface area contributed by atoms with Crippen molar-refractivity contribution in [2.45, 2.75) is 0 Å². The third kappa shape index (κ3) is 4.44. The van der Waals surface area contributed by atoms with Crippen molar-refractivity contribution in [1.29, 1.82) is 0 Å². The molecule has 8 nitrogen and oxygen atoms in total. The zero-order valence-electron chi connectivity index (χ0n) is 13.1. The number of hydrogen-bond donors (Lipinski definition) is 3. The number of anilines is 4. The van der Waals surface area contributed by atoms with E-state index in [1.54, 1.807) is 12.1 Å². The van der Waals surface area contributed by atoms with Gasteiger partial charge in [0.25, 0.3) is 0 Å². The van der Waals surface area contributed by atoms with Gasteiger partial charge in [-0.05, 0) is 24.3 Å². The summed E-state index contributed by atoms with van der Waals surface area (Å²) in [6.45, 7) is 3.11. The standard InChI is InChI=1S/C15H19ClN6O2/c16-11-1-3-12(4-2-11)18-14-19-13(17-5-8-23)20-15(21-14)22-6-9-24-10-7-22/h1-4,23H,5-10H2,(H2,17,18,19,20,21). The highest BCUT2D eigenvalue weighted by Gasteiger charge is 2.16. The van der Waals surface area contributed by atoms with Gasteiger partial charge in [0.1, 0.15) is 0 Å². The number of aliphatic hydroxyl groups excluding tert-OH is 1. The molecule has 0 radical (unpaired) electrons. The van der Waals surface area contributed by atoms with E-state index in [2.05, 4.69) is 25.6 Å². The number of benzene rings is 1. The van der Waals surface area contributed by atoms with Crippen LogP contribution in [0, 0.1) is 0 Å². The average Bonchev–Trinajstić information content (AvgIpc) is 2.62. The fourth-order valence-electron chi connectivity index (χ4n) is 2.23. The van der Waals surface area contributed by atoms with E-state index in [0.717, 1.165) is 18.8 Å². The summed E-state index contributed by atoms with van der Waals surface area (Å²) >= 11 is 5.90. The number of rotatable bonds is 6. The molecule has 0 saturated carbocycles. The molecular formula is C15H19ClN6O2. The van der Waals surface area contributed by atoms with Gasteiger partial charge >= 0.3 is 0 Å². The molecule has 2 aromatic rings. The highest BCUT2D eigenvalue weighted by Crippen LogP contribution is 2.20. The van der Waals surface area contributed by atoms with Crippen LogP contribution in [0.5, 0.6) is 0 Å². The van der Waals surface area contributed by atoms with Gasteiger partial charge in [-0.15, -0.1) is 0 Å². The molecule has 0 aliphatic carbocycles. The highest BCUT2D eigenvalue weighted by molar-refractivity contribution is 6.30. The summed E-state index contributed by atoms with van der Waals surface area (Å²) in [6, 6.07) is 7.28. The van der Waals surface area contributed by atoms with Crippen molar-refractivity contribution in [2.24, 2.45) is 0 Å². The van der Waals surface area contributed by atoms with E-state index < -0.39 is 0 Å². The molecule has 1 aliphatic rings. The molecule has 24 heavy (non-hydrogen) atoms. The second-order valence-electron chi connectivity index (χ2n) is 5.16. The Bertz CT molecular complexity index is 664. The van der Waals surface area contributed by atoms with Gasteiger partial charge in [0.2, 0.25) is 17.8 Å². The summed E-state index contributed by atoms with van der Waals surface area (Å²) in [7, 11) is 0. The first-order valence-corrected chi connectivity index (χ1v) is 8.08. The van der Waals surface area contributed by atoms with Gasteiger partial charge in [-0.25, -0.2) is 0 Å². The zero-order chi connectivity index (χ0) is 16.8. The van der Waals surface area contributed by atoms with Crippen LogP contribution in [0.4, 0.5) is 23.5 Å². The smallest absolute Gasteiger partial charge is 0.233 e. The van der Waals surface area contributed by atoms with Gasteiger partial charge in [0.15, 0.2) is 0 Å². The lowest BCUT2D eigenvalue weighted by Gasteiger charge is -2.27. The largest absolute Gasteiger partial charge is 0.395 e. The molecule has 0 atom stereocenters. The third-order valence-corrected chi connectivity index (χ3v) is 3.66. The molecule has 0 amide bonds. The maximum Gasteiger partial charge on any atom is 0.233 e. The Morgan fingerprint density at radius 3 is 2.50 bits per heavy atom. The minimum absolute atomic E-state index is 0.00147. The van der Waals surface area contributed by atoms with Gasteiger partial charge in [-0.2, -0.15) is 15.0 Å². The van der Waals surface area contributed by atoms with Crippen LogP contribution in [0.3, 0.4) is 0 Å². The van der Waals surface area contributed by atoms with Crippen LogP contribution in [-0.2, 0) is 4.74 Å². The van der Waals surface area contributed by atoms with Gasteiger partial charge in [0, 0.05) is 30.3 Å². The molecule has 0 unspecified atom stereocenters. The third-order valence-electron chi connectivity index (χ3n) is 3.41. The molecule has 1 fully saturated rings. The van der Waals surface area contributed by atoms with Crippen molar-refractivity contribution < 1.29 is 9.84 Å². The second kappa shape index (κ2) is 8.09. The number of ether oxygens (including phenoxy) is 1. The first-order valence-electron chi connectivity index (χ1n) is 7.71. The molecule has 0 spiro atoms. The normalized spacial score (nSPS) is 14.5. The topological polar surface area (TPSA) is 95.4 Å². The van der Waals surface area contributed by atoms with Crippen LogP contribution in [0.1, 0.15) is 0 Å². The highest BCUT2D eigenvalue weighted by atomic mass is 35.5. The van der Waals surface area contributed by atoms with Gasteiger partial charge < -0.3 is 25.4 Å². The molecule has 9 heteroatoms. The Morgan fingerprint density at radius 2 is 1.79 bits per heavy atom. The fourth-order valence-corrected chi connectivity index (χ4v) is 2.36. The van der Waals surface area contributed by atoms with Crippen LogP contribution in [0.15, 0.2) is 24.3 Å². The van der Waals surface area contributed by atoms with E-state index in [9.17, 15) is 0 Å². The molecule has 2 heterocycles. The SMILES string of the molecule is OCCNc1nc(Nc2ccc(Cl)cc2)nc(N2CCOCC2)n1. The first kappa shape index (κ1) is 16.7. The van der Waals surface area contributed by atoms with Crippen LogP contribution >= 0.6 is 11.6 Å². The van der Waals surface area contributed by atoms with Crippen molar-refractivity contribution in [1.82, 2.24) is 15.0 Å². The maximum atomic E-state index is 8.99. The van der Waals surface area contributed by atoms with E-state index in [4.69, 9.17) is 21.4 Å². The quantitative estimate of drug-likeness (QED) is 0.721. The van der Waals surface area contributed by atoms with E-state index in [-0.39, 0.29) is 6.61 Å². The van der Waals surface area contributed by atoms with Crippen LogP contribution in [0.2, 0.25) is 5.02 Å². The van der Waals surface area contributed by atoms with Crippen molar-refractivity contribution in [2.75, 3.05) is 55.0 Å². The monoisotopic (exact) mass is 350 g/mol. The molecule has 3 N–H and O–H groups in total. The Hall–Kier alpha value is -2.16. The minimum Gasteiger partial charge on any atom is -0.395 e. The molecule has 1 aromatic heterocycles. The fraction of sp³-hybridized carbons (Fsp3) is 0.400. The van der Waals surface area contributed by atoms with E-state index in [1.165, 1.54) is 0 Å². The maximum absolute atomic E-state index is 8.99. The van der Waals surface area contributed by atoms with Crippen LogP contribution in [-0.4, -0.2) is 59.5 Å². The lowest BCUT2D eigenvalue weighted by Crippen LogP contribution is -2.37. The van der Waals surface area contributed by atoms with Crippen molar-refractivity contribution >= 4 is 35.1 Å². The van der Waals surface area contributed by atoms with E-state index in [1.807, 2.05) is 17.0 Å². The summed E-state index contributed by atoms with van der Waals surface area (Å²) < 4.78 is 5.36. The number of aliphatic hydroxyl groups is 1. The van der Waals surface area contributed by atoms with E-state index in [0.29, 0.717) is 42.6 Å². The number of aromatic nitrogens is 3. The molecule has 3 rings (SSSR count). The number of nitrogens with zero attached hydrogens (tertiary/aromatic N) is 4. The number of morpholine rings is 1. The number of halogens is 1. The summed E-state index contributed by atoms with van der Waals surface area (Å²) in [6.07, 6.45) is 0. The lowest BCUT2D eigenvalue weighted by atomic mass is 10.3. The molecule has 1 aromatic carbocycles. The van der Waals surface area contributed by atoms with Crippen molar-refractivity contribution in [3.63, 3.8) is 0 Å². The summed E-state index contributed by atoms with van der Waals surface area (Å²) in [5, 5.41) is 15.8. The van der Waals surface area contributed by atoms with Gasteiger partial charge in [-0.1, -0.05) is 11.6 Å². The predicted molar refractivity (Wildman–Crippen MR) is 93.2 cm³/mol. The van der Waals surface area contributed by atoms with Gasteiger partial charge in [0.05, 0.1) is 19.8 Å². The Balaban J connectivity index is 1.84. The molecule has 0 bridgehead atoms. The average molecular weight is 351 g/mol. The zero-order valence-corrected chi connectivity index (χ0v) is 13.8. The Morgan fingerprint density at radius 1 is 1.08 bits per heavy atom. The van der Waals surface area contributed by atoms with Crippen molar-refractivity contribution in [3.05, 3.63) is 29.3 Å². The Kier molecular flexibility index (Phi) is 5.63. The van der Waals surface area contributed by atoms with Crippen LogP contribution in [0.25, 0.3) is 0 Å².